The van der Waals surface area contributed by atoms with Crippen molar-refractivity contribution >= 4 is 27.3 Å². The van der Waals surface area contributed by atoms with Gasteiger partial charge in [0.05, 0.1) is 16.0 Å². The predicted octanol–water partition coefficient (Wildman–Crippen LogP) is 2.78. The molecule has 4 nitrogen and oxygen atoms in total. The molecule has 108 valence electrons. The molecule has 0 heterocycles. The zero-order chi connectivity index (χ0) is 14.6. The van der Waals surface area contributed by atoms with Gasteiger partial charge in [-0.2, -0.15) is 0 Å². The summed E-state index contributed by atoms with van der Waals surface area (Å²) in [6, 6.07) is 5.53. The molecule has 1 unspecified atom stereocenters. The van der Waals surface area contributed by atoms with Gasteiger partial charge in [-0.05, 0) is 25.5 Å². The van der Waals surface area contributed by atoms with Crippen molar-refractivity contribution in [3.05, 3.63) is 28.8 Å². The van der Waals surface area contributed by atoms with Crippen molar-refractivity contribution in [1.29, 1.82) is 0 Å². The van der Waals surface area contributed by atoms with Crippen LogP contribution in [0.3, 0.4) is 0 Å². The molecule has 0 fully saturated rings. The van der Waals surface area contributed by atoms with Gasteiger partial charge in [-0.3, -0.25) is 4.72 Å². The molecule has 1 atom stereocenters. The summed E-state index contributed by atoms with van der Waals surface area (Å²) < 4.78 is 27.0. The van der Waals surface area contributed by atoms with Crippen LogP contribution in [0.25, 0.3) is 0 Å². The van der Waals surface area contributed by atoms with Crippen LogP contribution in [0.1, 0.15) is 26.3 Å². The Hall–Kier alpha value is -0.780. The van der Waals surface area contributed by atoms with Crippen LogP contribution in [0.4, 0.5) is 5.69 Å². The van der Waals surface area contributed by atoms with Crippen molar-refractivity contribution in [3.8, 4) is 0 Å². The average Bonchev–Trinajstić information content (AvgIpc) is 2.31. The normalized spacial score (nSPS) is 13.6. The third-order valence-electron chi connectivity index (χ3n) is 2.81. The van der Waals surface area contributed by atoms with Crippen molar-refractivity contribution in [2.24, 2.45) is 0 Å². The molecule has 0 aliphatic carbocycles. The van der Waals surface area contributed by atoms with E-state index in [1.54, 1.807) is 19.1 Å². The van der Waals surface area contributed by atoms with E-state index in [1.165, 1.54) is 0 Å². The van der Waals surface area contributed by atoms with Crippen molar-refractivity contribution in [2.45, 2.75) is 39.0 Å². The zero-order valence-electron chi connectivity index (χ0n) is 11.7. The number of anilines is 1. The number of hydrogen-bond donors (Lipinski definition) is 2. The van der Waals surface area contributed by atoms with Gasteiger partial charge in [-0.15, -0.1) is 0 Å². The summed E-state index contributed by atoms with van der Waals surface area (Å²) in [5.41, 5.74) is 1.26. The van der Waals surface area contributed by atoms with Gasteiger partial charge >= 0.3 is 0 Å². The van der Waals surface area contributed by atoms with Crippen LogP contribution in [0.5, 0.6) is 0 Å². The van der Waals surface area contributed by atoms with E-state index in [0.29, 0.717) is 17.3 Å². The lowest BCUT2D eigenvalue weighted by Crippen LogP contribution is -2.37. The van der Waals surface area contributed by atoms with Gasteiger partial charge in [0.2, 0.25) is 10.0 Å². The zero-order valence-corrected chi connectivity index (χ0v) is 13.3. The van der Waals surface area contributed by atoms with Gasteiger partial charge in [0.15, 0.2) is 0 Å². The second-order valence-electron chi connectivity index (χ2n) is 4.95. The van der Waals surface area contributed by atoms with Gasteiger partial charge in [0, 0.05) is 12.6 Å². The molecule has 1 rings (SSSR count). The number of sulfonamides is 1. The molecular formula is C13H21ClN2O2S. The predicted molar refractivity (Wildman–Crippen MR) is 81.3 cm³/mol. The molecule has 0 aliphatic rings. The molecule has 1 aromatic rings. The van der Waals surface area contributed by atoms with Crippen LogP contribution in [-0.4, -0.2) is 26.3 Å². The highest BCUT2D eigenvalue weighted by molar-refractivity contribution is 7.93. The molecular weight excluding hydrogens is 284 g/mol. The first-order chi connectivity index (χ1) is 8.74. The molecule has 2 N–H and O–H groups in total. The molecule has 0 saturated carbocycles. The van der Waals surface area contributed by atoms with Crippen molar-refractivity contribution in [1.82, 2.24) is 5.32 Å². The molecule has 0 spiro atoms. The van der Waals surface area contributed by atoms with Crippen LogP contribution in [0.15, 0.2) is 18.2 Å². The van der Waals surface area contributed by atoms with Crippen molar-refractivity contribution in [2.75, 3.05) is 11.3 Å². The third-order valence-corrected chi connectivity index (χ3v) is 4.84. The van der Waals surface area contributed by atoms with E-state index in [2.05, 4.69) is 10.0 Å². The van der Waals surface area contributed by atoms with E-state index in [0.717, 1.165) is 5.56 Å². The average molecular weight is 305 g/mol. The van der Waals surface area contributed by atoms with Crippen molar-refractivity contribution < 1.29 is 8.42 Å². The molecule has 0 bridgehead atoms. The van der Waals surface area contributed by atoms with E-state index in [-0.39, 0.29) is 6.04 Å². The highest BCUT2D eigenvalue weighted by atomic mass is 35.5. The fraction of sp³-hybridized carbons (Fsp3) is 0.538. The number of hydrogen-bond acceptors (Lipinski definition) is 3. The summed E-state index contributed by atoms with van der Waals surface area (Å²) in [6.07, 6.45) is 0. The quantitative estimate of drug-likeness (QED) is 0.849. The van der Waals surface area contributed by atoms with Crippen molar-refractivity contribution in [3.63, 3.8) is 0 Å². The van der Waals surface area contributed by atoms with Crippen LogP contribution < -0.4 is 10.0 Å². The summed E-state index contributed by atoms with van der Waals surface area (Å²) >= 11 is 6.03. The summed E-state index contributed by atoms with van der Waals surface area (Å²) in [6.45, 7) is 7.84. The first kappa shape index (κ1) is 16.3. The smallest absolute Gasteiger partial charge is 0.236 e. The number of rotatable bonds is 6. The molecule has 0 aliphatic heterocycles. The lowest BCUT2D eigenvalue weighted by Gasteiger charge is -2.18. The van der Waals surface area contributed by atoms with Gasteiger partial charge in [-0.25, -0.2) is 8.42 Å². The minimum atomic E-state index is -3.45. The highest BCUT2D eigenvalue weighted by Gasteiger charge is 2.22. The number of nitrogens with one attached hydrogen (secondary N) is 2. The molecule has 0 aromatic heterocycles. The molecule has 19 heavy (non-hydrogen) atoms. The summed E-state index contributed by atoms with van der Waals surface area (Å²) in [4.78, 5) is 0. The fourth-order valence-electron chi connectivity index (χ4n) is 1.52. The standard InChI is InChI=1S/C13H21ClN2O2S/c1-9(2)15-8-11(4)19(17,18)16-13-10(3)6-5-7-12(13)14/h5-7,9,11,15-16H,8H2,1-4H3. The number of aryl methyl sites for hydroxylation is 1. The summed E-state index contributed by atoms with van der Waals surface area (Å²) in [5.74, 6) is 0. The fourth-order valence-corrected chi connectivity index (χ4v) is 2.91. The second-order valence-corrected chi connectivity index (χ2v) is 7.46. The SMILES string of the molecule is Cc1cccc(Cl)c1NS(=O)(=O)C(C)CNC(C)C. The van der Waals surface area contributed by atoms with Crippen LogP contribution in [-0.2, 0) is 10.0 Å². The number of benzene rings is 1. The molecule has 6 heteroatoms. The largest absolute Gasteiger partial charge is 0.313 e. The topological polar surface area (TPSA) is 58.2 Å². The Kier molecular flexibility index (Phi) is 5.64. The van der Waals surface area contributed by atoms with Crippen LogP contribution in [0.2, 0.25) is 5.02 Å². The van der Waals surface area contributed by atoms with E-state index >= 15 is 0 Å². The summed E-state index contributed by atoms with van der Waals surface area (Å²) in [7, 11) is -3.45. The van der Waals surface area contributed by atoms with E-state index < -0.39 is 15.3 Å². The number of para-hydroxylation sites is 1. The van der Waals surface area contributed by atoms with E-state index in [4.69, 9.17) is 11.6 Å². The molecule has 0 saturated heterocycles. The Morgan fingerprint density at radius 1 is 1.26 bits per heavy atom. The van der Waals surface area contributed by atoms with Gasteiger partial charge in [-0.1, -0.05) is 37.6 Å². The minimum absolute atomic E-state index is 0.250. The Morgan fingerprint density at radius 2 is 1.89 bits per heavy atom. The lowest BCUT2D eigenvalue weighted by molar-refractivity contribution is 0.553. The van der Waals surface area contributed by atoms with Crippen LogP contribution in [0, 0.1) is 6.92 Å². The highest BCUT2D eigenvalue weighted by Crippen LogP contribution is 2.26. The Morgan fingerprint density at radius 3 is 2.42 bits per heavy atom. The van der Waals surface area contributed by atoms with Gasteiger partial charge < -0.3 is 5.32 Å². The van der Waals surface area contributed by atoms with E-state index in [1.807, 2.05) is 26.8 Å². The Labute approximate surface area is 120 Å². The Balaban J connectivity index is 2.85. The van der Waals surface area contributed by atoms with Gasteiger partial charge in [0.1, 0.15) is 0 Å². The second kappa shape index (κ2) is 6.59. The first-order valence-corrected chi connectivity index (χ1v) is 8.16. The molecule has 1 aromatic carbocycles. The monoisotopic (exact) mass is 304 g/mol. The maximum absolute atomic E-state index is 12.2. The first-order valence-electron chi connectivity index (χ1n) is 6.24. The summed E-state index contributed by atoms with van der Waals surface area (Å²) in [5, 5.41) is 2.99. The molecule has 0 radical (unpaired) electrons. The Bertz CT molecular complexity index is 509. The third kappa shape index (κ3) is 4.67. The molecule has 0 amide bonds. The van der Waals surface area contributed by atoms with Gasteiger partial charge in [0.25, 0.3) is 0 Å². The maximum Gasteiger partial charge on any atom is 0.236 e. The minimum Gasteiger partial charge on any atom is -0.313 e. The number of halogens is 1. The van der Waals surface area contributed by atoms with Crippen LogP contribution >= 0.6 is 11.6 Å². The van der Waals surface area contributed by atoms with E-state index in [9.17, 15) is 8.42 Å². The lowest BCUT2D eigenvalue weighted by atomic mass is 10.2. The maximum atomic E-state index is 12.2.